The third-order valence-electron chi connectivity index (χ3n) is 1.63. The maximum absolute atomic E-state index is 5.51. The Morgan fingerprint density at radius 2 is 1.86 bits per heavy atom. The molecule has 1 aromatic carbocycles. The molecule has 3 heteroatoms. The molecule has 78 valence electrons. The van der Waals surface area contributed by atoms with Gasteiger partial charge in [-0.3, -0.25) is 4.84 Å². The van der Waals surface area contributed by atoms with E-state index in [-0.39, 0.29) is 0 Å². The van der Waals surface area contributed by atoms with E-state index in [0.717, 1.165) is 18.7 Å². The SMILES string of the molecule is CCCN(OCC)Oc1ccccc1. The van der Waals surface area contributed by atoms with Gasteiger partial charge < -0.3 is 4.84 Å². The van der Waals surface area contributed by atoms with Crippen molar-refractivity contribution < 1.29 is 9.68 Å². The Hall–Kier alpha value is -1.06. The van der Waals surface area contributed by atoms with Crippen molar-refractivity contribution >= 4 is 0 Å². The van der Waals surface area contributed by atoms with Gasteiger partial charge in [-0.2, -0.15) is 0 Å². The Labute approximate surface area is 85.2 Å². The summed E-state index contributed by atoms with van der Waals surface area (Å²) in [6, 6.07) is 9.64. The third kappa shape index (κ3) is 3.77. The molecule has 14 heavy (non-hydrogen) atoms. The van der Waals surface area contributed by atoms with E-state index < -0.39 is 0 Å². The highest BCUT2D eigenvalue weighted by atomic mass is 16.9. The molecule has 0 unspecified atom stereocenters. The predicted octanol–water partition coefficient (Wildman–Crippen LogP) is 2.64. The van der Waals surface area contributed by atoms with Crippen molar-refractivity contribution in [3.63, 3.8) is 0 Å². The molecule has 0 heterocycles. The van der Waals surface area contributed by atoms with Crippen LogP contribution in [0.15, 0.2) is 30.3 Å². The van der Waals surface area contributed by atoms with Crippen LogP contribution in [0.1, 0.15) is 20.3 Å². The second-order valence-electron chi connectivity index (χ2n) is 2.88. The maximum Gasteiger partial charge on any atom is 0.150 e. The van der Waals surface area contributed by atoms with Crippen LogP contribution >= 0.6 is 0 Å². The largest absolute Gasteiger partial charge is 0.381 e. The van der Waals surface area contributed by atoms with Crippen LogP contribution in [-0.4, -0.2) is 18.4 Å². The second kappa shape index (κ2) is 6.40. The van der Waals surface area contributed by atoms with Crippen molar-refractivity contribution in [1.29, 1.82) is 0 Å². The van der Waals surface area contributed by atoms with Crippen LogP contribution in [0.4, 0.5) is 0 Å². The first kappa shape index (κ1) is 11.0. The van der Waals surface area contributed by atoms with E-state index >= 15 is 0 Å². The highest BCUT2D eigenvalue weighted by Gasteiger charge is 2.04. The lowest BCUT2D eigenvalue weighted by Gasteiger charge is -2.19. The molecule has 0 aromatic heterocycles. The zero-order valence-corrected chi connectivity index (χ0v) is 8.77. The minimum Gasteiger partial charge on any atom is -0.381 e. The topological polar surface area (TPSA) is 21.7 Å². The zero-order chi connectivity index (χ0) is 10.2. The van der Waals surface area contributed by atoms with Gasteiger partial charge in [-0.05, 0) is 30.7 Å². The number of rotatable bonds is 6. The van der Waals surface area contributed by atoms with E-state index in [1.165, 1.54) is 5.23 Å². The quantitative estimate of drug-likeness (QED) is 0.651. The van der Waals surface area contributed by atoms with Gasteiger partial charge in [0.05, 0.1) is 13.2 Å². The highest BCUT2D eigenvalue weighted by molar-refractivity contribution is 5.20. The molecule has 1 rings (SSSR count). The van der Waals surface area contributed by atoms with Crippen LogP contribution in [-0.2, 0) is 4.84 Å². The minimum absolute atomic E-state index is 0.618. The van der Waals surface area contributed by atoms with Crippen molar-refractivity contribution in [3.05, 3.63) is 30.3 Å². The fourth-order valence-corrected chi connectivity index (χ4v) is 1.06. The van der Waals surface area contributed by atoms with Gasteiger partial charge in [-0.25, -0.2) is 0 Å². The van der Waals surface area contributed by atoms with Crippen LogP contribution in [0.3, 0.4) is 0 Å². The molecule has 0 fully saturated rings. The van der Waals surface area contributed by atoms with E-state index in [4.69, 9.17) is 9.68 Å². The molecule has 0 amide bonds. The highest BCUT2D eigenvalue weighted by Crippen LogP contribution is 2.10. The van der Waals surface area contributed by atoms with E-state index in [1.54, 1.807) is 0 Å². The lowest BCUT2D eigenvalue weighted by atomic mass is 10.3. The summed E-state index contributed by atoms with van der Waals surface area (Å²) in [5.41, 5.74) is 0. The van der Waals surface area contributed by atoms with Gasteiger partial charge in [-0.15, -0.1) is 0 Å². The lowest BCUT2D eigenvalue weighted by Crippen LogP contribution is -2.28. The standard InChI is InChI=1S/C11H17NO2/c1-3-10-12(13-4-2)14-11-8-6-5-7-9-11/h5-9H,3-4,10H2,1-2H3. The fraction of sp³-hybridized carbons (Fsp3) is 0.455. The van der Waals surface area contributed by atoms with Crippen LogP contribution in [0, 0.1) is 0 Å². The van der Waals surface area contributed by atoms with E-state index in [9.17, 15) is 0 Å². The summed E-state index contributed by atoms with van der Waals surface area (Å²) in [5.74, 6) is 0.800. The molecule has 0 aliphatic rings. The van der Waals surface area contributed by atoms with Crippen molar-refractivity contribution in [2.75, 3.05) is 13.2 Å². The molecule has 0 radical (unpaired) electrons. The first-order chi connectivity index (χ1) is 6.86. The molecule has 0 saturated heterocycles. The van der Waals surface area contributed by atoms with Gasteiger partial charge >= 0.3 is 0 Å². The molecule has 3 nitrogen and oxygen atoms in total. The third-order valence-corrected chi connectivity index (χ3v) is 1.63. The van der Waals surface area contributed by atoms with Crippen molar-refractivity contribution in [2.45, 2.75) is 20.3 Å². The Morgan fingerprint density at radius 1 is 1.14 bits per heavy atom. The molecule has 0 saturated carbocycles. The molecule has 0 aliphatic heterocycles. The fourth-order valence-electron chi connectivity index (χ4n) is 1.06. The van der Waals surface area contributed by atoms with E-state index in [1.807, 2.05) is 37.3 Å². The average Bonchev–Trinajstić information content (AvgIpc) is 2.20. The minimum atomic E-state index is 0.618. The molecule has 0 atom stereocenters. The smallest absolute Gasteiger partial charge is 0.150 e. The zero-order valence-electron chi connectivity index (χ0n) is 8.77. The number of hydroxylamine groups is 2. The summed E-state index contributed by atoms with van der Waals surface area (Å²) in [6.45, 7) is 5.41. The van der Waals surface area contributed by atoms with Gasteiger partial charge in [0, 0.05) is 0 Å². The molecule has 1 aromatic rings. The number of para-hydroxylation sites is 1. The summed E-state index contributed by atoms with van der Waals surface area (Å²) in [4.78, 5) is 10.8. The number of hydrogen-bond acceptors (Lipinski definition) is 3. The Balaban J connectivity index is 2.46. The van der Waals surface area contributed by atoms with Gasteiger partial charge in [-0.1, -0.05) is 25.1 Å². The van der Waals surface area contributed by atoms with Crippen molar-refractivity contribution in [2.24, 2.45) is 0 Å². The monoisotopic (exact) mass is 195 g/mol. The maximum atomic E-state index is 5.51. The molecular formula is C11H17NO2. The molecule has 0 bridgehead atoms. The summed E-state index contributed by atoms with van der Waals surface area (Å²) < 4.78 is 0. The lowest BCUT2D eigenvalue weighted by molar-refractivity contribution is -0.315. The molecular weight excluding hydrogens is 178 g/mol. The Kier molecular flexibility index (Phi) is 5.04. The summed E-state index contributed by atoms with van der Waals surface area (Å²) in [7, 11) is 0. The van der Waals surface area contributed by atoms with Crippen LogP contribution in [0.25, 0.3) is 0 Å². The molecule has 0 spiro atoms. The number of hydrogen-bond donors (Lipinski definition) is 0. The van der Waals surface area contributed by atoms with Gasteiger partial charge in [0.25, 0.3) is 0 Å². The normalized spacial score (nSPS) is 10.5. The summed E-state index contributed by atoms with van der Waals surface area (Å²) >= 11 is 0. The van der Waals surface area contributed by atoms with Crippen LogP contribution in [0.5, 0.6) is 5.75 Å². The Bertz CT molecular complexity index is 232. The van der Waals surface area contributed by atoms with E-state index in [2.05, 4.69) is 6.92 Å². The van der Waals surface area contributed by atoms with Crippen LogP contribution < -0.4 is 4.84 Å². The Morgan fingerprint density at radius 3 is 2.43 bits per heavy atom. The number of nitrogens with zero attached hydrogens (tertiary/aromatic N) is 1. The van der Waals surface area contributed by atoms with Gasteiger partial charge in [0.15, 0.2) is 5.75 Å². The second-order valence-corrected chi connectivity index (χ2v) is 2.88. The predicted molar refractivity (Wildman–Crippen MR) is 55.7 cm³/mol. The molecule has 0 aliphatic carbocycles. The first-order valence-corrected chi connectivity index (χ1v) is 5.00. The number of benzene rings is 1. The van der Waals surface area contributed by atoms with Crippen LogP contribution in [0.2, 0.25) is 0 Å². The molecule has 0 N–H and O–H groups in total. The van der Waals surface area contributed by atoms with Crippen molar-refractivity contribution in [1.82, 2.24) is 5.23 Å². The summed E-state index contributed by atoms with van der Waals surface area (Å²) in [6.07, 6.45) is 0.993. The average molecular weight is 195 g/mol. The first-order valence-electron chi connectivity index (χ1n) is 5.00. The van der Waals surface area contributed by atoms with Crippen molar-refractivity contribution in [3.8, 4) is 5.75 Å². The van der Waals surface area contributed by atoms with E-state index in [0.29, 0.717) is 6.61 Å². The summed E-state index contributed by atoms with van der Waals surface area (Å²) in [5, 5.41) is 1.52. The van der Waals surface area contributed by atoms with Gasteiger partial charge in [0.1, 0.15) is 0 Å². The van der Waals surface area contributed by atoms with Gasteiger partial charge in [0.2, 0.25) is 0 Å².